The van der Waals surface area contributed by atoms with E-state index in [1.54, 1.807) is 25.3 Å². The molecule has 0 atom stereocenters. The minimum atomic E-state index is -0.406. The molecule has 1 aromatic heterocycles. The van der Waals surface area contributed by atoms with E-state index in [0.29, 0.717) is 29.6 Å². The van der Waals surface area contributed by atoms with Gasteiger partial charge in [0.15, 0.2) is 0 Å². The number of carbonyl (C=O) groups excluding carboxylic acids is 1. The van der Waals surface area contributed by atoms with Gasteiger partial charge in [-0.25, -0.2) is 9.97 Å². The van der Waals surface area contributed by atoms with Crippen LogP contribution in [-0.2, 0) is 0 Å². The van der Waals surface area contributed by atoms with Crippen LogP contribution in [0.2, 0.25) is 0 Å². The van der Waals surface area contributed by atoms with Gasteiger partial charge in [-0.05, 0) is 43.3 Å². The molecule has 0 bridgehead atoms. The summed E-state index contributed by atoms with van der Waals surface area (Å²) in [6.07, 6.45) is 2.90. The summed E-state index contributed by atoms with van der Waals surface area (Å²) in [6, 6.07) is 12.6. The number of hydrogen-bond donors (Lipinski definition) is 2. The number of nitrogens with one attached hydrogen (secondary N) is 2. The number of carbonyl (C=O) groups is 1. The maximum Gasteiger partial charge on any atom is 0.275 e. The Balaban J connectivity index is 1.67. The minimum absolute atomic E-state index is 0.173. The third-order valence-corrected chi connectivity index (χ3v) is 3.98. The monoisotopic (exact) mass is 394 g/mol. The first-order valence-corrected chi connectivity index (χ1v) is 8.98. The maximum atomic E-state index is 12.5. The Labute approximate surface area is 168 Å². The second kappa shape index (κ2) is 9.41. The summed E-state index contributed by atoms with van der Waals surface area (Å²) in [5, 5.41) is 5.88. The zero-order chi connectivity index (χ0) is 20.6. The number of methoxy groups -OCH3 is 2. The topological polar surface area (TPSA) is 94.6 Å². The van der Waals surface area contributed by atoms with Crippen LogP contribution >= 0.6 is 0 Å². The van der Waals surface area contributed by atoms with Gasteiger partial charge in [0.05, 0.1) is 38.9 Å². The summed E-state index contributed by atoms with van der Waals surface area (Å²) in [4.78, 5) is 20.9. The highest BCUT2D eigenvalue weighted by atomic mass is 16.5. The molecule has 0 aliphatic carbocycles. The molecule has 1 heterocycles. The van der Waals surface area contributed by atoms with Crippen molar-refractivity contribution in [3.8, 4) is 17.2 Å². The van der Waals surface area contributed by atoms with Gasteiger partial charge in [-0.3, -0.25) is 4.79 Å². The van der Waals surface area contributed by atoms with E-state index in [1.807, 2.05) is 31.2 Å². The molecule has 29 heavy (non-hydrogen) atoms. The quantitative estimate of drug-likeness (QED) is 0.598. The SMILES string of the molecule is CCOc1ccc(Nc2cnc(C(=O)Nc3cc(OC)ccc3OC)cn2)cc1. The lowest BCUT2D eigenvalue weighted by atomic mass is 10.2. The molecule has 2 N–H and O–H groups in total. The highest BCUT2D eigenvalue weighted by molar-refractivity contribution is 6.03. The Bertz CT molecular complexity index is 959. The molecule has 8 nitrogen and oxygen atoms in total. The Morgan fingerprint density at radius 2 is 1.72 bits per heavy atom. The lowest BCUT2D eigenvalue weighted by Crippen LogP contribution is -2.15. The molecule has 0 aliphatic rings. The Hall–Kier alpha value is -3.81. The standard InChI is InChI=1S/C21H22N4O4/c1-4-29-15-7-5-14(6-8-15)24-20-13-22-18(12-23-20)21(26)25-17-11-16(27-2)9-10-19(17)28-3/h5-13H,4H2,1-3H3,(H,23,24)(H,25,26). The summed E-state index contributed by atoms with van der Waals surface area (Å²) in [5.74, 6) is 2.02. The first-order valence-electron chi connectivity index (χ1n) is 8.98. The lowest BCUT2D eigenvalue weighted by Gasteiger charge is -2.11. The number of hydrogen-bond acceptors (Lipinski definition) is 7. The van der Waals surface area contributed by atoms with E-state index in [4.69, 9.17) is 14.2 Å². The van der Waals surface area contributed by atoms with Gasteiger partial charge in [-0.1, -0.05) is 0 Å². The average Bonchev–Trinajstić information content (AvgIpc) is 2.75. The van der Waals surface area contributed by atoms with Crippen LogP contribution in [-0.4, -0.2) is 36.7 Å². The summed E-state index contributed by atoms with van der Waals surface area (Å²) < 4.78 is 15.9. The van der Waals surface area contributed by atoms with Crippen LogP contribution in [0.5, 0.6) is 17.2 Å². The third kappa shape index (κ3) is 5.13. The first-order chi connectivity index (χ1) is 14.1. The molecule has 3 aromatic rings. The molecule has 1 amide bonds. The van der Waals surface area contributed by atoms with Gasteiger partial charge in [-0.15, -0.1) is 0 Å². The predicted octanol–water partition coefficient (Wildman–Crippen LogP) is 3.89. The molecule has 0 saturated carbocycles. The van der Waals surface area contributed by atoms with E-state index >= 15 is 0 Å². The normalized spacial score (nSPS) is 10.2. The highest BCUT2D eigenvalue weighted by Crippen LogP contribution is 2.29. The van der Waals surface area contributed by atoms with Gasteiger partial charge in [0.1, 0.15) is 28.8 Å². The van der Waals surface area contributed by atoms with Crippen molar-refractivity contribution in [1.29, 1.82) is 0 Å². The van der Waals surface area contributed by atoms with Crippen LogP contribution in [0.1, 0.15) is 17.4 Å². The van der Waals surface area contributed by atoms with Crippen molar-refractivity contribution in [1.82, 2.24) is 9.97 Å². The predicted molar refractivity (Wildman–Crippen MR) is 110 cm³/mol. The molecular weight excluding hydrogens is 372 g/mol. The molecule has 150 valence electrons. The van der Waals surface area contributed by atoms with Crippen LogP contribution < -0.4 is 24.8 Å². The van der Waals surface area contributed by atoms with Crippen molar-refractivity contribution < 1.29 is 19.0 Å². The number of ether oxygens (including phenoxy) is 3. The summed E-state index contributed by atoms with van der Waals surface area (Å²) in [7, 11) is 3.08. The molecule has 3 rings (SSSR count). The number of aromatic nitrogens is 2. The second-order valence-corrected chi connectivity index (χ2v) is 5.89. The molecule has 0 spiro atoms. The van der Waals surface area contributed by atoms with E-state index in [2.05, 4.69) is 20.6 Å². The molecule has 0 fully saturated rings. The van der Waals surface area contributed by atoms with Gasteiger partial charge < -0.3 is 24.8 Å². The van der Waals surface area contributed by atoms with Gasteiger partial charge in [0.2, 0.25) is 0 Å². The Morgan fingerprint density at radius 3 is 2.34 bits per heavy atom. The molecule has 8 heteroatoms. The largest absolute Gasteiger partial charge is 0.497 e. The van der Waals surface area contributed by atoms with Crippen LogP contribution in [0, 0.1) is 0 Å². The summed E-state index contributed by atoms with van der Waals surface area (Å²) in [5.41, 5.74) is 1.49. The highest BCUT2D eigenvalue weighted by Gasteiger charge is 2.13. The number of nitrogens with zero attached hydrogens (tertiary/aromatic N) is 2. The molecule has 0 radical (unpaired) electrons. The minimum Gasteiger partial charge on any atom is -0.497 e. The van der Waals surface area contributed by atoms with Crippen LogP contribution in [0.15, 0.2) is 54.9 Å². The fraction of sp³-hybridized carbons (Fsp3) is 0.190. The van der Waals surface area contributed by atoms with Crippen molar-refractivity contribution in [3.05, 3.63) is 60.6 Å². The van der Waals surface area contributed by atoms with E-state index in [9.17, 15) is 4.79 Å². The fourth-order valence-corrected chi connectivity index (χ4v) is 2.56. The number of amides is 1. The first kappa shape index (κ1) is 19.9. The van der Waals surface area contributed by atoms with Gasteiger partial charge >= 0.3 is 0 Å². The van der Waals surface area contributed by atoms with Crippen molar-refractivity contribution in [2.24, 2.45) is 0 Å². The van der Waals surface area contributed by atoms with Gasteiger partial charge in [0, 0.05) is 11.8 Å². The van der Waals surface area contributed by atoms with Gasteiger partial charge in [0.25, 0.3) is 5.91 Å². The molecule has 2 aromatic carbocycles. The number of anilines is 3. The zero-order valence-electron chi connectivity index (χ0n) is 16.4. The van der Waals surface area contributed by atoms with Crippen molar-refractivity contribution in [2.75, 3.05) is 31.5 Å². The average molecular weight is 394 g/mol. The molecule has 0 unspecified atom stereocenters. The summed E-state index contributed by atoms with van der Waals surface area (Å²) in [6.45, 7) is 2.55. The van der Waals surface area contributed by atoms with E-state index < -0.39 is 5.91 Å². The zero-order valence-corrected chi connectivity index (χ0v) is 16.4. The summed E-state index contributed by atoms with van der Waals surface area (Å²) >= 11 is 0. The maximum absolute atomic E-state index is 12.5. The van der Waals surface area contributed by atoms with Crippen LogP contribution in [0.3, 0.4) is 0 Å². The van der Waals surface area contributed by atoms with Crippen molar-refractivity contribution in [3.63, 3.8) is 0 Å². The van der Waals surface area contributed by atoms with Crippen molar-refractivity contribution in [2.45, 2.75) is 6.92 Å². The molecule has 0 saturated heterocycles. The van der Waals surface area contributed by atoms with E-state index in [-0.39, 0.29) is 5.69 Å². The van der Waals surface area contributed by atoms with E-state index in [0.717, 1.165) is 11.4 Å². The fourth-order valence-electron chi connectivity index (χ4n) is 2.56. The Kier molecular flexibility index (Phi) is 6.47. The molecule has 0 aliphatic heterocycles. The van der Waals surface area contributed by atoms with Crippen LogP contribution in [0.4, 0.5) is 17.2 Å². The lowest BCUT2D eigenvalue weighted by molar-refractivity contribution is 0.102. The van der Waals surface area contributed by atoms with Crippen molar-refractivity contribution >= 4 is 23.1 Å². The number of rotatable bonds is 8. The van der Waals surface area contributed by atoms with Gasteiger partial charge in [-0.2, -0.15) is 0 Å². The van der Waals surface area contributed by atoms with E-state index in [1.165, 1.54) is 19.5 Å². The second-order valence-electron chi connectivity index (χ2n) is 5.89. The smallest absolute Gasteiger partial charge is 0.275 e. The van der Waals surface area contributed by atoms with Crippen LogP contribution in [0.25, 0.3) is 0 Å². The Morgan fingerprint density at radius 1 is 0.966 bits per heavy atom. The molecular formula is C21H22N4O4. The third-order valence-electron chi connectivity index (χ3n) is 3.98. The number of benzene rings is 2.